The Morgan fingerprint density at radius 1 is 1.02 bits per heavy atom. The van der Waals surface area contributed by atoms with Crippen LogP contribution in [0.1, 0.15) is 86.6 Å². The summed E-state index contributed by atoms with van der Waals surface area (Å²) in [6.07, 6.45) is 22.5. The molecule has 0 saturated carbocycles. The number of likely N-dealkylation sites (tertiary alicyclic amines) is 1. The first-order valence-corrected chi connectivity index (χ1v) is 19.4. The molecule has 41 heavy (non-hydrogen) atoms. The summed E-state index contributed by atoms with van der Waals surface area (Å²) >= 11 is 0. The maximum atomic E-state index is 6.62. The molecule has 2 unspecified atom stereocenters. The van der Waals surface area contributed by atoms with Crippen LogP contribution in [0, 0.1) is 5.92 Å². The Balaban J connectivity index is 1.56. The first kappa shape index (κ1) is 29.7. The fourth-order valence-corrected chi connectivity index (χ4v) is 10.5. The third kappa shape index (κ3) is 6.36. The lowest BCUT2D eigenvalue weighted by Gasteiger charge is -2.33. The number of aryl methyl sites for hydroxylation is 2. The van der Waals surface area contributed by atoms with Gasteiger partial charge < -0.3 is 9.64 Å². The molecule has 2 aliphatic carbocycles. The van der Waals surface area contributed by atoms with E-state index in [9.17, 15) is 0 Å². The Bertz CT molecular complexity index is 1320. The minimum absolute atomic E-state index is 0.420. The van der Waals surface area contributed by atoms with Gasteiger partial charge in [0.2, 0.25) is 0 Å². The average Bonchev–Trinajstić information content (AvgIpc) is 3.59. The van der Waals surface area contributed by atoms with Crippen LogP contribution in [0.5, 0.6) is 5.75 Å². The van der Waals surface area contributed by atoms with Crippen molar-refractivity contribution in [1.82, 2.24) is 4.90 Å². The van der Waals surface area contributed by atoms with E-state index in [2.05, 4.69) is 99.1 Å². The van der Waals surface area contributed by atoms with E-state index in [-0.39, 0.29) is 0 Å². The van der Waals surface area contributed by atoms with Gasteiger partial charge in [0, 0.05) is 35.8 Å². The summed E-state index contributed by atoms with van der Waals surface area (Å²) in [5.74, 6) is 1.83. The highest BCUT2D eigenvalue weighted by Crippen LogP contribution is 2.45. The molecule has 0 amide bonds. The maximum absolute atomic E-state index is 6.62. The molecule has 3 heteroatoms. The fraction of sp³-hybridized carbons (Fsp3) is 0.474. The fourth-order valence-electron chi connectivity index (χ4n) is 7.23. The molecule has 1 fully saturated rings. The summed E-state index contributed by atoms with van der Waals surface area (Å²) in [7, 11) is -2.07. The van der Waals surface area contributed by atoms with Crippen LogP contribution in [-0.2, 0) is 12.8 Å². The third-order valence-electron chi connectivity index (χ3n) is 9.60. The summed E-state index contributed by atoms with van der Waals surface area (Å²) in [6, 6.07) is 14.3. The Morgan fingerprint density at radius 2 is 1.80 bits per heavy atom. The van der Waals surface area contributed by atoms with Crippen molar-refractivity contribution < 1.29 is 4.74 Å². The largest absolute Gasteiger partial charge is 0.489 e. The third-order valence-corrected chi connectivity index (χ3v) is 13.4. The van der Waals surface area contributed by atoms with Crippen LogP contribution in [-0.4, -0.2) is 32.7 Å². The molecule has 0 aromatic heterocycles. The van der Waals surface area contributed by atoms with Crippen LogP contribution in [0.3, 0.4) is 0 Å². The quantitative estimate of drug-likeness (QED) is 0.129. The highest BCUT2D eigenvalue weighted by molar-refractivity contribution is 6.92. The van der Waals surface area contributed by atoms with Crippen LogP contribution in [0.2, 0.25) is 13.1 Å². The zero-order valence-electron chi connectivity index (χ0n) is 26.1. The van der Waals surface area contributed by atoms with Crippen molar-refractivity contribution in [2.75, 3.05) is 19.7 Å². The van der Waals surface area contributed by atoms with Crippen molar-refractivity contribution in [3.05, 3.63) is 101 Å². The van der Waals surface area contributed by atoms with Crippen LogP contribution >= 0.6 is 0 Å². The van der Waals surface area contributed by atoms with E-state index in [0.717, 1.165) is 25.9 Å². The number of hydrogen-bond donors (Lipinski definition) is 0. The lowest BCUT2D eigenvalue weighted by molar-refractivity contribution is 0.361. The van der Waals surface area contributed by atoms with Crippen molar-refractivity contribution in [3.63, 3.8) is 0 Å². The Kier molecular flexibility index (Phi) is 9.75. The first-order chi connectivity index (χ1) is 20.0. The zero-order valence-corrected chi connectivity index (χ0v) is 27.1. The molecule has 0 bridgehead atoms. The number of hydrogen-bond acceptors (Lipinski definition) is 2. The summed E-state index contributed by atoms with van der Waals surface area (Å²) < 4.78 is 6.62. The zero-order chi connectivity index (χ0) is 28.8. The van der Waals surface area contributed by atoms with Crippen molar-refractivity contribution in [3.8, 4) is 5.75 Å². The number of rotatable bonds is 14. The SMILES string of the molecule is C=CCOc1c(CCCCC)cc(CCCCC)cc1[Si](C)(C)C1C=C(N2CC3=CC=CCC3C2)c2ccccc21. The predicted octanol–water partition coefficient (Wildman–Crippen LogP) is 9.13. The highest BCUT2D eigenvalue weighted by atomic mass is 28.3. The van der Waals surface area contributed by atoms with Gasteiger partial charge in [-0.3, -0.25) is 0 Å². The first-order valence-electron chi connectivity index (χ1n) is 16.3. The van der Waals surface area contributed by atoms with Crippen molar-refractivity contribution in [1.29, 1.82) is 0 Å². The second-order valence-corrected chi connectivity index (χ2v) is 17.6. The van der Waals surface area contributed by atoms with Gasteiger partial charge in [-0.1, -0.05) is 126 Å². The molecule has 3 aliphatic rings. The molecule has 2 nitrogen and oxygen atoms in total. The molecule has 0 spiro atoms. The van der Waals surface area contributed by atoms with Gasteiger partial charge in [-0.25, -0.2) is 0 Å². The van der Waals surface area contributed by atoms with E-state index in [4.69, 9.17) is 4.74 Å². The number of fused-ring (bicyclic) bond motifs is 2. The summed E-state index contributed by atoms with van der Waals surface area (Å²) in [4.78, 5) is 2.67. The van der Waals surface area contributed by atoms with Gasteiger partial charge in [0.1, 0.15) is 12.4 Å². The molecular formula is C38H51NOSi. The second-order valence-electron chi connectivity index (χ2n) is 13.0. The van der Waals surface area contributed by atoms with Crippen molar-refractivity contribution in [2.24, 2.45) is 5.92 Å². The lowest BCUT2D eigenvalue weighted by Crippen LogP contribution is -2.48. The van der Waals surface area contributed by atoms with Gasteiger partial charge in [-0.15, -0.1) is 0 Å². The van der Waals surface area contributed by atoms with Gasteiger partial charge in [0.05, 0.1) is 8.07 Å². The van der Waals surface area contributed by atoms with E-state index < -0.39 is 8.07 Å². The van der Waals surface area contributed by atoms with Gasteiger partial charge in [-0.05, 0) is 59.6 Å². The number of nitrogens with zero attached hydrogens (tertiary/aromatic N) is 1. The minimum atomic E-state index is -2.07. The molecule has 5 rings (SSSR count). The van der Waals surface area contributed by atoms with E-state index in [0.29, 0.717) is 18.1 Å². The van der Waals surface area contributed by atoms with Gasteiger partial charge in [-0.2, -0.15) is 0 Å². The predicted molar refractivity (Wildman–Crippen MR) is 180 cm³/mol. The average molecular weight is 566 g/mol. The number of ether oxygens (including phenoxy) is 1. The number of benzene rings is 2. The van der Waals surface area contributed by atoms with Crippen molar-refractivity contribution >= 4 is 19.0 Å². The molecule has 218 valence electrons. The summed E-state index contributed by atoms with van der Waals surface area (Å²) in [5, 5.41) is 1.50. The van der Waals surface area contributed by atoms with Gasteiger partial charge in [0.25, 0.3) is 0 Å². The topological polar surface area (TPSA) is 12.5 Å². The van der Waals surface area contributed by atoms with Gasteiger partial charge in [0.15, 0.2) is 0 Å². The van der Waals surface area contributed by atoms with E-state index >= 15 is 0 Å². The molecule has 2 aromatic carbocycles. The van der Waals surface area contributed by atoms with Crippen LogP contribution in [0.15, 0.2) is 78.9 Å². The lowest BCUT2D eigenvalue weighted by atomic mass is 9.95. The second kappa shape index (κ2) is 13.5. The normalized spacial score (nSPS) is 19.6. The van der Waals surface area contributed by atoms with Crippen LogP contribution in [0.25, 0.3) is 5.70 Å². The molecule has 1 saturated heterocycles. The number of allylic oxidation sites excluding steroid dienone is 4. The standard InChI is InChI=1S/C38H51NOSi/c1-6-9-11-17-29-24-30(18-12-10-7-2)38(40-23-8-3)37(25-29)41(4,5)36-26-35(33-21-15-16-22-34(33)36)39-27-31-19-13-14-20-32(31)28-39/h8,13-16,19,21-22,24-26,32,36H,3,6-7,9-12,17-18,20,23,27-28H2,1-2,4-5H3. The van der Waals surface area contributed by atoms with Crippen molar-refractivity contribution in [2.45, 2.75) is 90.3 Å². The molecular weight excluding hydrogens is 515 g/mol. The monoisotopic (exact) mass is 565 g/mol. The molecule has 1 aliphatic heterocycles. The molecule has 2 atom stereocenters. The molecule has 0 N–H and O–H groups in total. The molecule has 2 aromatic rings. The maximum Gasteiger partial charge on any atom is 0.122 e. The Labute approximate surface area is 250 Å². The van der Waals surface area contributed by atoms with E-state index in [1.807, 2.05) is 6.08 Å². The van der Waals surface area contributed by atoms with Gasteiger partial charge >= 0.3 is 0 Å². The van der Waals surface area contributed by atoms with E-state index in [1.54, 1.807) is 5.57 Å². The van der Waals surface area contributed by atoms with E-state index in [1.165, 1.54) is 83.8 Å². The summed E-state index contributed by atoms with van der Waals surface area (Å²) in [5.41, 5.74) is 9.36. The smallest absolute Gasteiger partial charge is 0.122 e. The molecule has 1 heterocycles. The highest BCUT2D eigenvalue weighted by Gasteiger charge is 2.42. The minimum Gasteiger partial charge on any atom is -0.489 e. The Morgan fingerprint density at radius 3 is 2.56 bits per heavy atom. The Hall–Kier alpha value is -2.78. The number of unbranched alkanes of at least 4 members (excludes halogenated alkanes) is 4. The van der Waals surface area contributed by atoms with Crippen LogP contribution in [0.4, 0.5) is 0 Å². The summed E-state index contributed by atoms with van der Waals surface area (Å²) in [6.45, 7) is 16.5. The van der Waals surface area contributed by atoms with Crippen LogP contribution < -0.4 is 9.92 Å². The molecule has 0 radical (unpaired) electrons.